The van der Waals surface area contributed by atoms with Gasteiger partial charge in [-0.15, -0.1) is 0 Å². The van der Waals surface area contributed by atoms with E-state index in [4.69, 9.17) is 5.92 Å². The molecule has 0 aromatic carbocycles. The molecule has 0 aromatic rings. The lowest BCUT2D eigenvalue weighted by Crippen LogP contribution is -2.47. The van der Waals surface area contributed by atoms with Gasteiger partial charge in [-0.25, -0.2) is 4.18 Å². The van der Waals surface area contributed by atoms with Crippen molar-refractivity contribution >= 4 is 34.0 Å². The topological polar surface area (TPSA) is 122 Å². The van der Waals surface area contributed by atoms with Crippen LogP contribution in [0.15, 0.2) is 0 Å². The van der Waals surface area contributed by atoms with Crippen molar-refractivity contribution in [1.82, 2.24) is 10.6 Å². The quantitative estimate of drug-likeness (QED) is 0.221. The van der Waals surface area contributed by atoms with E-state index in [2.05, 4.69) is 14.8 Å². The molecule has 3 N–H and O–H groups in total. The molecule has 8 nitrogen and oxygen atoms in total. The smallest absolute Gasteiger partial charge is 0.354 e. The fourth-order valence-corrected chi connectivity index (χ4v) is 3.31. The molecular formula is C18H36N2O6S2. The maximum Gasteiger partial charge on any atom is 0.397 e. The van der Waals surface area contributed by atoms with E-state index < -0.39 is 16.4 Å². The number of rotatable bonds is 18. The Morgan fingerprint density at radius 3 is 2.46 bits per heavy atom. The van der Waals surface area contributed by atoms with Crippen LogP contribution in [0.1, 0.15) is 72.5 Å². The molecule has 166 valence electrons. The molecule has 10 heteroatoms. The Morgan fingerprint density at radius 1 is 1.14 bits per heavy atom. The first-order valence-electron chi connectivity index (χ1n) is 10.5. The van der Waals surface area contributed by atoms with Crippen LogP contribution in [0.4, 0.5) is 0 Å². The van der Waals surface area contributed by atoms with Crippen molar-refractivity contribution in [2.24, 2.45) is 0 Å². The summed E-state index contributed by atoms with van der Waals surface area (Å²) in [5.74, 6) is 0.270. The van der Waals surface area contributed by atoms with Crippen molar-refractivity contribution in [3.63, 3.8) is 0 Å². The fraction of sp³-hybridized carbons (Fsp3) is 0.889. The van der Waals surface area contributed by atoms with Gasteiger partial charge in [-0.05, 0) is 31.3 Å². The summed E-state index contributed by atoms with van der Waals surface area (Å²) in [5.41, 5.74) is 0. The Kier molecular flexibility index (Phi) is 15.3. The van der Waals surface area contributed by atoms with Gasteiger partial charge in [0, 0.05) is 14.3 Å². The summed E-state index contributed by atoms with van der Waals surface area (Å²) >= 11 is 1.58. The monoisotopic (exact) mass is 441 g/mol. The van der Waals surface area contributed by atoms with Crippen LogP contribution in [0, 0.1) is 0 Å². The first-order valence-corrected chi connectivity index (χ1v) is 12.5. The zero-order valence-corrected chi connectivity index (χ0v) is 18.4. The summed E-state index contributed by atoms with van der Waals surface area (Å²) in [5, 5.41) is 5.43. The van der Waals surface area contributed by atoms with E-state index in [1.807, 2.05) is 6.26 Å². The first kappa shape index (κ1) is 25.2. The zero-order chi connectivity index (χ0) is 22.0. The summed E-state index contributed by atoms with van der Waals surface area (Å²) in [7, 11) is -4.47. The Balaban J connectivity index is 4.08. The molecule has 28 heavy (non-hydrogen) atoms. The molecule has 0 saturated heterocycles. The second kappa shape index (κ2) is 17.1. The third kappa shape index (κ3) is 17.3. The van der Waals surface area contributed by atoms with Crippen LogP contribution in [0.3, 0.4) is 0 Å². The van der Waals surface area contributed by atoms with Crippen LogP contribution >= 0.6 is 11.8 Å². The molecule has 0 saturated carbocycles. The maximum absolute atomic E-state index is 12.3. The van der Waals surface area contributed by atoms with Gasteiger partial charge >= 0.3 is 10.4 Å². The first-order chi connectivity index (χ1) is 13.8. The summed E-state index contributed by atoms with van der Waals surface area (Å²) in [6.07, 6.45) is 10.2. The highest BCUT2D eigenvalue weighted by Gasteiger charge is 2.19. The summed E-state index contributed by atoms with van der Waals surface area (Å²) < 4.78 is 40.7. The van der Waals surface area contributed by atoms with Gasteiger partial charge in [0.15, 0.2) is 0 Å². The average Bonchev–Trinajstić information content (AvgIpc) is 2.65. The number of unbranched alkanes of at least 4 members (excludes halogenated alkanes) is 6. The lowest BCUT2D eigenvalue weighted by Gasteiger charge is -2.18. The average molecular weight is 442 g/mol. The zero-order valence-electron chi connectivity index (χ0n) is 17.8. The highest BCUT2D eigenvalue weighted by Crippen LogP contribution is 2.09. The van der Waals surface area contributed by atoms with Crippen molar-refractivity contribution in [3.05, 3.63) is 0 Å². The van der Waals surface area contributed by atoms with Gasteiger partial charge in [0.05, 0.1) is 6.61 Å². The molecular weight excluding hydrogens is 404 g/mol. The Labute approximate surface area is 175 Å². The van der Waals surface area contributed by atoms with Gasteiger partial charge in [0.25, 0.3) is 0 Å². The summed E-state index contributed by atoms with van der Waals surface area (Å²) in [6, 6.07) is -0.623. The molecule has 0 radical (unpaired) electrons. The molecule has 1 atom stereocenters. The van der Waals surface area contributed by atoms with Gasteiger partial charge in [-0.1, -0.05) is 45.4 Å². The van der Waals surface area contributed by atoms with E-state index in [1.54, 1.807) is 11.8 Å². The van der Waals surface area contributed by atoms with Crippen LogP contribution < -0.4 is 10.6 Å². The molecule has 0 rings (SSSR count). The number of hydrogen-bond acceptors (Lipinski definition) is 6. The Bertz CT molecular complexity index is 548. The lowest BCUT2D eigenvalue weighted by molar-refractivity contribution is -0.129. The number of carbonyl (C=O) groups excluding carboxylic acids is 2. The van der Waals surface area contributed by atoms with Crippen LogP contribution in [-0.2, 0) is 24.2 Å². The van der Waals surface area contributed by atoms with E-state index >= 15 is 0 Å². The standard InChI is InChI=1S/C18H36N2O6S2/c1-3-4-5-6-7-8-9-11-17(21)20-16(12-15-27-2)18(22)19-13-10-14-26-28(23,24)25/h16H,3-15H2,1-2H3,(H,19,22)(H,20,21)(H,23,24,25)/t16-/m0/s1/i1D. The van der Waals surface area contributed by atoms with E-state index in [0.29, 0.717) is 19.7 Å². The van der Waals surface area contributed by atoms with Crippen LogP contribution in [-0.4, -0.2) is 56.0 Å². The maximum atomic E-state index is 12.3. The number of thioether (sulfide) groups is 1. The molecule has 0 heterocycles. The molecule has 0 aliphatic carbocycles. The number of carbonyl (C=O) groups is 2. The van der Waals surface area contributed by atoms with Crippen molar-refractivity contribution in [2.45, 2.75) is 77.1 Å². The Morgan fingerprint density at radius 2 is 1.82 bits per heavy atom. The van der Waals surface area contributed by atoms with Crippen LogP contribution in [0.25, 0.3) is 0 Å². The predicted octanol–water partition coefficient (Wildman–Crippen LogP) is 2.69. The predicted molar refractivity (Wildman–Crippen MR) is 113 cm³/mol. The van der Waals surface area contributed by atoms with E-state index in [1.165, 1.54) is 0 Å². The molecule has 0 fully saturated rings. The van der Waals surface area contributed by atoms with Crippen LogP contribution in [0.2, 0.25) is 0 Å². The van der Waals surface area contributed by atoms with E-state index in [0.717, 1.165) is 50.7 Å². The van der Waals surface area contributed by atoms with Crippen molar-refractivity contribution in [3.8, 4) is 0 Å². The van der Waals surface area contributed by atoms with E-state index in [9.17, 15) is 18.0 Å². The number of nitrogens with one attached hydrogen (secondary N) is 2. The number of amides is 2. The second-order valence-corrected chi connectivity index (χ2v) is 8.60. The minimum Gasteiger partial charge on any atom is -0.354 e. The highest BCUT2D eigenvalue weighted by atomic mass is 32.3. The molecule has 0 unspecified atom stereocenters. The molecule has 0 bridgehead atoms. The SMILES string of the molecule is [2H]CCCCCCCCCC(=O)N[C@@H](CCSC)C(=O)NCCCOS(=O)(=O)O. The minimum absolute atomic E-state index is 0.143. The van der Waals surface area contributed by atoms with Crippen molar-refractivity contribution in [2.75, 3.05) is 25.2 Å². The second-order valence-electron chi connectivity index (χ2n) is 6.52. The minimum atomic E-state index is -4.47. The normalized spacial score (nSPS) is 13.0. The molecule has 0 aromatic heterocycles. The van der Waals surface area contributed by atoms with Crippen LogP contribution in [0.5, 0.6) is 0 Å². The van der Waals surface area contributed by atoms with Crippen molar-refractivity contribution < 1.29 is 28.1 Å². The Hall–Kier alpha value is -0.840. The molecule has 0 aliphatic heterocycles. The van der Waals surface area contributed by atoms with E-state index in [-0.39, 0.29) is 31.4 Å². The van der Waals surface area contributed by atoms with Gasteiger partial charge in [0.2, 0.25) is 11.8 Å². The summed E-state index contributed by atoms with van der Waals surface area (Å²) in [4.78, 5) is 24.4. The fourth-order valence-electron chi connectivity index (χ4n) is 2.51. The van der Waals surface area contributed by atoms with Gasteiger partial charge in [0.1, 0.15) is 6.04 Å². The van der Waals surface area contributed by atoms with Gasteiger partial charge in [-0.2, -0.15) is 20.2 Å². The largest absolute Gasteiger partial charge is 0.397 e. The third-order valence-electron chi connectivity index (χ3n) is 4.02. The molecule has 2 amide bonds. The number of hydrogen-bond donors (Lipinski definition) is 3. The lowest BCUT2D eigenvalue weighted by atomic mass is 10.1. The third-order valence-corrected chi connectivity index (χ3v) is 5.13. The van der Waals surface area contributed by atoms with Gasteiger partial charge < -0.3 is 10.6 Å². The summed E-state index contributed by atoms with van der Waals surface area (Å²) in [6.45, 7) is 0.439. The van der Waals surface area contributed by atoms with Gasteiger partial charge in [-0.3, -0.25) is 14.1 Å². The highest BCUT2D eigenvalue weighted by molar-refractivity contribution is 7.98. The molecule has 0 spiro atoms. The molecule has 0 aliphatic rings. The van der Waals surface area contributed by atoms with Crippen molar-refractivity contribution in [1.29, 1.82) is 0 Å².